The van der Waals surface area contributed by atoms with E-state index >= 15 is 0 Å². The number of pyridine rings is 1. The lowest BCUT2D eigenvalue weighted by Crippen LogP contribution is -2.40. The molecule has 0 radical (unpaired) electrons. The van der Waals surface area contributed by atoms with E-state index in [0.29, 0.717) is 11.6 Å². The van der Waals surface area contributed by atoms with Crippen molar-refractivity contribution >= 4 is 29.7 Å². The van der Waals surface area contributed by atoms with Gasteiger partial charge in [0.15, 0.2) is 0 Å². The number of rotatable bonds is 7. The Balaban J connectivity index is 2.37. The van der Waals surface area contributed by atoms with Crippen molar-refractivity contribution in [1.29, 1.82) is 0 Å². The van der Waals surface area contributed by atoms with Crippen LogP contribution in [0.3, 0.4) is 0 Å². The maximum absolute atomic E-state index is 11.5. The fourth-order valence-electron chi connectivity index (χ4n) is 1.35. The van der Waals surface area contributed by atoms with Crippen molar-refractivity contribution in [2.45, 2.75) is 24.8 Å². The summed E-state index contributed by atoms with van der Waals surface area (Å²) in [7, 11) is 0. The number of carboxylic acids is 1. The Morgan fingerprint density at radius 1 is 1.38 bits per heavy atom. The highest BCUT2D eigenvalue weighted by Gasteiger charge is 2.09. The Kier molecular flexibility index (Phi) is 7.24. The van der Waals surface area contributed by atoms with Gasteiger partial charge in [0.25, 0.3) is 0 Å². The van der Waals surface area contributed by atoms with Crippen LogP contribution < -0.4 is 10.6 Å². The highest BCUT2D eigenvalue weighted by atomic mass is 32.2. The van der Waals surface area contributed by atoms with Gasteiger partial charge < -0.3 is 10.4 Å². The van der Waals surface area contributed by atoms with E-state index in [-0.39, 0.29) is 11.3 Å². The van der Waals surface area contributed by atoms with Gasteiger partial charge in [-0.05, 0) is 18.6 Å². The zero-order valence-corrected chi connectivity index (χ0v) is 12.4. The van der Waals surface area contributed by atoms with Crippen LogP contribution in [0.1, 0.15) is 30.1 Å². The van der Waals surface area contributed by atoms with Crippen LogP contribution in [0.5, 0.6) is 0 Å². The van der Waals surface area contributed by atoms with Gasteiger partial charge in [0.05, 0.1) is 16.3 Å². The van der Waals surface area contributed by atoms with E-state index in [9.17, 15) is 14.4 Å². The molecule has 0 aliphatic rings. The Bertz CT molecular complexity index is 522. The Morgan fingerprint density at radius 2 is 2.14 bits per heavy atom. The quantitative estimate of drug-likeness (QED) is 0.520. The van der Waals surface area contributed by atoms with E-state index in [4.69, 9.17) is 5.11 Å². The summed E-state index contributed by atoms with van der Waals surface area (Å²) in [6, 6.07) is 2.22. The minimum Gasteiger partial charge on any atom is -0.478 e. The summed E-state index contributed by atoms with van der Waals surface area (Å²) in [5, 5.41) is 14.0. The number of amides is 3. The van der Waals surface area contributed by atoms with E-state index in [2.05, 4.69) is 15.6 Å². The molecule has 21 heavy (non-hydrogen) atoms. The van der Waals surface area contributed by atoms with Crippen molar-refractivity contribution in [2.75, 3.05) is 12.3 Å². The lowest BCUT2D eigenvalue weighted by molar-refractivity contribution is -0.117. The standard InChI is InChI=1S/C13H17N3O4S/c1-2-3-5-15-13(20)16-10(17)8-21-11-7-9(12(18)19)4-6-14-11/h4,6-7H,2-3,5,8H2,1H3,(H,18,19)(H2,15,16,17,20). The first-order chi connectivity index (χ1) is 10.0. The molecule has 0 aliphatic heterocycles. The number of hydrogen-bond acceptors (Lipinski definition) is 5. The lowest BCUT2D eigenvalue weighted by atomic mass is 10.3. The molecule has 8 heteroatoms. The highest BCUT2D eigenvalue weighted by Crippen LogP contribution is 2.15. The number of aromatic carboxylic acids is 1. The van der Waals surface area contributed by atoms with Crippen LogP contribution in [0.25, 0.3) is 0 Å². The molecule has 7 nitrogen and oxygen atoms in total. The third-order valence-electron chi connectivity index (χ3n) is 2.40. The molecule has 1 aromatic heterocycles. The van der Waals surface area contributed by atoms with Crippen molar-refractivity contribution in [1.82, 2.24) is 15.6 Å². The summed E-state index contributed by atoms with van der Waals surface area (Å²) in [6.45, 7) is 2.52. The summed E-state index contributed by atoms with van der Waals surface area (Å²) in [4.78, 5) is 37.6. The summed E-state index contributed by atoms with van der Waals surface area (Å²) >= 11 is 1.06. The number of unbranched alkanes of at least 4 members (excludes halogenated alkanes) is 1. The number of nitrogens with one attached hydrogen (secondary N) is 2. The van der Waals surface area contributed by atoms with Gasteiger partial charge in [0.1, 0.15) is 0 Å². The molecule has 0 unspecified atom stereocenters. The van der Waals surface area contributed by atoms with Gasteiger partial charge >= 0.3 is 12.0 Å². The largest absolute Gasteiger partial charge is 0.478 e. The molecular weight excluding hydrogens is 294 g/mol. The summed E-state index contributed by atoms with van der Waals surface area (Å²) in [5.74, 6) is -1.53. The first-order valence-corrected chi connectivity index (χ1v) is 7.41. The van der Waals surface area contributed by atoms with Crippen LogP contribution in [-0.4, -0.2) is 40.3 Å². The second kappa shape index (κ2) is 8.96. The highest BCUT2D eigenvalue weighted by molar-refractivity contribution is 7.99. The summed E-state index contributed by atoms with van der Waals surface area (Å²) in [6.07, 6.45) is 3.17. The SMILES string of the molecule is CCCCNC(=O)NC(=O)CSc1cc(C(=O)O)ccn1. The first-order valence-electron chi connectivity index (χ1n) is 6.42. The molecule has 0 spiro atoms. The number of carbonyl (C=O) groups is 3. The third-order valence-corrected chi connectivity index (χ3v) is 3.33. The number of carbonyl (C=O) groups excluding carboxylic acids is 2. The van der Waals surface area contributed by atoms with E-state index in [1.54, 1.807) is 0 Å². The molecule has 0 aliphatic carbocycles. The molecule has 1 aromatic rings. The van der Waals surface area contributed by atoms with Gasteiger partial charge in [0.2, 0.25) is 5.91 Å². The molecule has 0 aromatic carbocycles. The molecule has 114 valence electrons. The molecular formula is C13H17N3O4S. The van der Waals surface area contributed by atoms with E-state index in [1.807, 2.05) is 6.92 Å². The number of nitrogens with zero attached hydrogens (tertiary/aromatic N) is 1. The molecule has 3 amide bonds. The van der Waals surface area contributed by atoms with Crippen LogP contribution in [0.15, 0.2) is 23.4 Å². The Hall–Kier alpha value is -2.09. The van der Waals surface area contributed by atoms with Crippen LogP contribution in [0.2, 0.25) is 0 Å². The Labute approximate surface area is 126 Å². The fourth-order valence-corrected chi connectivity index (χ4v) is 2.04. The zero-order chi connectivity index (χ0) is 15.7. The smallest absolute Gasteiger partial charge is 0.335 e. The average Bonchev–Trinajstić information content (AvgIpc) is 2.45. The molecule has 0 saturated carbocycles. The van der Waals surface area contributed by atoms with E-state index in [0.717, 1.165) is 24.6 Å². The number of thioether (sulfide) groups is 1. The van der Waals surface area contributed by atoms with E-state index in [1.165, 1.54) is 18.3 Å². The van der Waals surface area contributed by atoms with Crippen LogP contribution >= 0.6 is 11.8 Å². The van der Waals surface area contributed by atoms with E-state index < -0.39 is 17.9 Å². The topological polar surface area (TPSA) is 108 Å². The number of hydrogen-bond donors (Lipinski definition) is 3. The van der Waals surface area contributed by atoms with Crippen LogP contribution in [0, 0.1) is 0 Å². The molecule has 0 saturated heterocycles. The van der Waals surface area contributed by atoms with Crippen LogP contribution in [-0.2, 0) is 4.79 Å². The number of urea groups is 1. The minimum absolute atomic E-state index is 0.0166. The molecule has 3 N–H and O–H groups in total. The van der Waals surface area contributed by atoms with Crippen LogP contribution in [0.4, 0.5) is 4.79 Å². The monoisotopic (exact) mass is 311 g/mol. The maximum atomic E-state index is 11.5. The predicted octanol–water partition coefficient (Wildman–Crippen LogP) is 1.50. The van der Waals surface area contributed by atoms with Gasteiger partial charge in [-0.3, -0.25) is 10.1 Å². The average molecular weight is 311 g/mol. The van der Waals surface area contributed by atoms with Crippen molar-refractivity contribution in [3.8, 4) is 0 Å². The summed E-state index contributed by atoms with van der Waals surface area (Å²) in [5.41, 5.74) is 0.102. The number of carboxylic acid groups (broad SMARTS) is 1. The maximum Gasteiger partial charge on any atom is 0.335 e. The third kappa shape index (κ3) is 6.75. The minimum atomic E-state index is -1.06. The molecule has 0 bridgehead atoms. The second-order valence-corrected chi connectivity index (χ2v) is 5.13. The van der Waals surface area contributed by atoms with Crippen molar-refractivity contribution in [3.05, 3.63) is 23.9 Å². The van der Waals surface area contributed by atoms with Gasteiger partial charge in [-0.25, -0.2) is 14.6 Å². The van der Waals surface area contributed by atoms with Gasteiger partial charge in [-0.15, -0.1) is 0 Å². The molecule has 0 fully saturated rings. The first kappa shape index (κ1) is 17.0. The number of aromatic nitrogens is 1. The van der Waals surface area contributed by atoms with Crippen molar-refractivity contribution in [2.24, 2.45) is 0 Å². The normalized spacial score (nSPS) is 9.95. The molecule has 1 heterocycles. The fraction of sp³-hybridized carbons (Fsp3) is 0.385. The van der Waals surface area contributed by atoms with Gasteiger partial charge in [0, 0.05) is 12.7 Å². The van der Waals surface area contributed by atoms with Gasteiger partial charge in [-0.2, -0.15) is 0 Å². The Morgan fingerprint density at radius 3 is 2.81 bits per heavy atom. The second-order valence-electron chi connectivity index (χ2n) is 4.13. The molecule has 1 rings (SSSR count). The zero-order valence-electron chi connectivity index (χ0n) is 11.6. The van der Waals surface area contributed by atoms with Crippen molar-refractivity contribution < 1.29 is 19.5 Å². The lowest BCUT2D eigenvalue weighted by Gasteiger charge is -2.06. The molecule has 0 atom stereocenters. The van der Waals surface area contributed by atoms with Gasteiger partial charge in [-0.1, -0.05) is 25.1 Å². The van der Waals surface area contributed by atoms with Crippen molar-refractivity contribution in [3.63, 3.8) is 0 Å². The summed E-state index contributed by atoms with van der Waals surface area (Å²) < 4.78 is 0. The number of imide groups is 1. The predicted molar refractivity (Wildman–Crippen MR) is 78.4 cm³/mol.